The van der Waals surface area contributed by atoms with Crippen molar-refractivity contribution >= 4 is 21.9 Å². The first-order valence-electron chi connectivity index (χ1n) is 5.60. The molecule has 0 radical (unpaired) electrons. The third-order valence-electron chi connectivity index (χ3n) is 2.73. The van der Waals surface area contributed by atoms with Gasteiger partial charge in [-0.3, -0.25) is 9.78 Å². The minimum Gasteiger partial charge on any atom is -0.496 e. The second-order valence-electron chi connectivity index (χ2n) is 3.91. The van der Waals surface area contributed by atoms with E-state index in [4.69, 9.17) is 4.74 Å². The van der Waals surface area contributed by atoms with Crippen molar-refractivity contribution in [1.82, 2.24) is 4.98 Å². The number of hydrogen-bond donors (Lipinski definition) is 1. The Morgan fingerprint density at radius 1 is 1.37 bits per heavy atom. The molecule has 0 fully saturated rings. The molecular weight excluding hydrogens is 310 g/mol. The van der Waals surface area contributed by atoms with E-state index >= 15 is 0 Å². The summed E-state index contributed by atoms with van der Waals surface area (Å²) in [6, 6.07) is 10.5. The molecule has 0 bridgehead atoms. The molecule has 2 rings (SSSR count). The van der Waals surface area contributed by atoms with Gasteiger partial charge in [0.15, 0.2) is 0 Å². The highest BCUT2D eigenvalue weighted by Crippen LogP contribution is 2.33. The van der Waals surface area contributed by atoms with Crippen LogP contribution in [0, 0.1) is 0 Å². The molecule has 4 nitrogen and oxygen atoms in total. The van der Waals surface area contributed by atoms with Gasteiger partial charge in [0, 0.05) is 16.2 Å². The number of nitrogens with zero attached hydrogens (tertiary/aromatic N) is 1. The highest BCUT2D eigenvalue weighted by atomic mass is 79.9. The van der Waals surface area contributed by atoms with E-state index in [1.165, 1.54) is 7.11 Å². The maximum Gasteiger partial charge on any atom is 0.317 e. The van der Waals surface area contributed by atoms with Crippen LogP contribution in [0.1, 0.15) is 17.2 Å². The highest BCUT2D eigenvalue weighted by molar-refractivity contribution is 9.10. The van der Waals surface area contributed by atoms with E-state index in [1.807, 2.05) is 0 Å². The van der Waals surface area contributed by atoms with Crippen LogP contribution in [0.2, 0.25) is 0 Å². The summed E-state index contributed by atoms with van der Waals surface area (Å²) in [6.07, 6.45) is 1.58. The van der Waals surface area contributed by atoms with Crippen LogP contribution in [0.25, 0.3) is 0 Å². The Hall–Kier alpha value is -1.88. The second-order valence-corrected chi connectivity index (χ2v) is 4.83. The van der Waals surface area contributed by atoms with E-state index in [0.29, 0.717) is 17.0 Å². The topological polar surface area (TPSA) is 59.4 Å². The SMILES string of the molecule is COc1ccc(Br)cc1C(C(=O)O)c1ccccn1. The zero-order valence-electron chi connectivity index (χ0n) is 10.2. The Morgan fingerprint density at radius 3 is 2.74 bits per heavy atom. The fourth-order valence-electron chi connectivity index (χ4n) is 1.90. The van der Waals surface area contributed by atoms with E-state index in [0.717, 1.165) is 4.47 Å². The van der Waals surface area contributed by atoms with Crippen molar-refractivity contribution < 1.29 is 14.6 Å². The largest absolute Gasteiger partial charge is 0.496 e. The summed E-state index contributed by atoms with van der Waals surface area (Å²) in [5.41, 5.74) is 1.05. The van der Waals surface area contributed by atoms with Gasteiger partial charge < -0.3 is 9.84 Å². The van der Waals surface area contributed by atoms with Crippen molar-refractivity contribution in [3.63, 3.8) is 0 Å². The van der Waals surface area contributed by atoms with Gasteiger partial charge in [-0.1, -0.05) is 22.0 Å². The number of ether oxygens (including phenoxy) is 1. The number of hydrogen-bond acceptors (Lipinski definition) is 3. The first kappa shape index (κ1) is 13.5. The molecule has 1 aromatic heterocycles. The third-order valence-corrected chi connectivity index (χ3v) is 3.23. The van der Waals surface area contributed by atoms with Gasteiger partial charge in [0.1, 0.15) is 11.7 Å². The molecular formula is C14H12BrNO3. The van der Waals surface area contributed by atoms with E-state index < -0.39 is 11.9 Å². The molecule has 0 saturated carbocycles. The molecule has 1 heterocycles. The van der Waals surface area contributed by atoms with Crippen LogP contribution >= 0.6 is 15.9 Å². The van der Waals surface area contributed by atoms with Gasteiger partial charge in [0.25, 0.3) is 0 Å². The number of carbonyl (C=O) groups is 1. The van der Waals surface area contributed by atoms with Crippen LogP contribution in [0.4, 0.5) is 0 Å². The van der Waals surface area contributed by atoms with Gasteiger partial charge >= 0.3 is 5.97 Å². The molecule has 1 atom stereocenters. The Morgan fingerprint density at radius 2 is 2.16 bits per heavy atom. The van der Waals surface area contributed by atoms with Crippen LogP contribution in [0.3, 0.4) is 0 Å². The van der Waals surface area contributed by atoms with Crippen molar-refractivity contribution in [3.8, 4) is 5.75 Å². The average Bonchev–Trinajstić information content (AvgIpc) is 2.40. The first-order chi connectivity index (χ1) is 9.13. The summed E-state index contributed by atoms with van der Waals surface area (Å²) in [7, 11) is 1.52. The maximum absolute atomic E-state index is 11.6. The molecule has 0 aliphatic carbocycles. The summed E-state index contributed by atoms with van der Waals surface area (Å²) in [5.74, 6) is -1.29. The average molecular weight is 322 g/mol. The number of aliphatic carboxylic acids is 1. The quantitative estimate of drug-likeness (QED) is 0.940. The third kappa shape index (κ3) is 2.93. The molecule has 0 aliphatic heterocycles. The van der Waals surface area contributed by atoms with Gasteiger partial charge in [-0.2, -0.15) is 0 Å². The summed E-state index contributed by atoms with van der Waals surface area (Å²) < 4.78 is 6.04. The lowest BCUT2D eigenvalue weighted by Gasteiger charge is -2.16. The number of rotatable bonds is 4. The fraction of sp³-hybridized carbons (Fsp3) is 0.143. The lowest BCUT2D eigenvalue weighted by molar-refractivity contribution is -0.137. The van der Waals surface area contributed by atoms with Gasteiger partial charge in [-0.25, -0.2) is 0 Å². The minimum atomic E-state index is -0.963. The molecule has 1 unspecified atom stereocenters. The number of carboxylic acid groups (broad SMARTS) is 1. The Labute approximate surface area is 119 Å². The van der Waals surface area contributed by atoms with Crippen LogP contribution in [0.15, 0.2) is 47.1 Å². The molecule has 5 heteroatoms. The van der Waals surface area contributed by atoms with Gasteiger partial charge in [-0.15, -0.1) is 0 Å². The predicted molar refractivity (Wildman–Crippen MR) is 74.4 cm³/mol. The minimum absolute atomic E-state index is 0.478. The summed E-state index contributed by atoms with van der Waals surface area (Å²) in [4.78, 5) is 15.7. The van der Waals surface area contributed by atoms with E-state index in [9.17, 15) is 9.90 Å². The molecule has 1 N–H and O–H groups in total. The molecule has 1 aromatic carbocycles. The van der Waals surface area contributed by atoms with Gasteiger partial charge in [0.05, 0.1) is 12.8 Å². The normalized spacial score (nSPS) is 11.9. The van der Waals surface area contributed by atoms with Crippen LogP contribution in [-0.2, 0) is 4.79 Å². The number of aromatic nitrogens is 1. The van der Waals surface area contributed by atoms with Crippen molar-refractivity contribution in [2.45, 2.75) is 5.92 Å². The Kier molecular flexibility index (Phi) is 4.16. The molecule has 98 valence electrons. The number of halogens is 1. The zero-order chi connectivity index (χ0) is 13.8. The predicted octanol–water partition coefficient (Wildman–Crippen LogP) is 3.07. The van der Waals surface area contributed by atoms with Crippen LogP contribution < -0.4 is 4.74 Å². The summed E-state index contributed by atoms with van der Waals surface area (Å²) in [5, 5.41) is 9.48. The molecule has 2 aromatic rings. The maximum atomic E-state index is 11.6. The standard InChI is InChI=1S/C14H12BrNO3/c1-19-12-6-5-9(15)8-10(12)13(14(17)18)11-4-2-3-7-16-11/h2-8,13H,1H3,(H,17,18). The lowest BCUT2D eigenvalue weighted by Crippen LogP contribution is -2.15. The van der Waals surface area contributed by atoms with Crippen LogP contribution in [-0.4, -0.2) is 23.2 Å². The number of carboxylic acids is 1. The Balaban J connectivity index is 2.57. The summed E-state index contributed by atoms with van der Waals surface area (Å²) >= 11 is 3.35. The molecule has 0 saturated heterocycles. The molecule has 0 aliphatic rings. The molecule has 19 heavy (non-hydrogen) atoms. The lowest BCUT2D eigenvalue weighted by atomic mass is 9.94. The van der Waals surface area contributed by atoms with Gasteiger partial charge in [-0.05, 0) is 30.3 Å². The van der Waals surface area contributed by atoms with Crippen molar-refractivity contribution in [2.24, 2.45) is 0 Å². The monoisotopic (exact) mass is 321 g/mol. The molecule has 0 amide bonds. The Bertz CT molecular complexity index is 586. The smallest absolute Gasteiger partial charge is 0.317 e. The van der Waals surface area contributed by atoms with Crippen molar-refractivity contribution in [1.29, 1.82) is 0 Å². The number of benzene rings is 1. The second kappa shape index (κ2) is 5.84. The summed E-state index contributed by atoms with van der Waals surface area (Å²) in [6.45, 7) is 0. The van der Waals surface area contributed by atoms with Crippen molar-refractivity contribution in [2.75, 3.05) is 7.11 Å². The molecule has 0 spiro atoms. The first-order valence-corrected chi connectivity index (χ1v) is 6.40. The highest BCUT2D eigenvalue weighted by Gasteiger charge is 2.26. The van der Waals surface area contributed by atoms with Crippen LogP contribution in [0.5, 0.6) is 5.75 Å². The van der Waals surface area contributed by atoms with E-state index in [2.05, 4.69) is 20.9 Å². The van der Waals surface area contributed by atoms with E-state index in [-0.39, 0.29) is 0 Å². The van der Waals surface area contributed by atoms with Crippen molar-refractivity contribution in [3.05, 3.63) is 58.3 Å². The van der Waals surface area contributed by atoms with E-state index in [1.54, 1.807) is 42.6 Å². The van der Waals surface area contributed by atoms with Gasteiger partial charge in [0.2, 0.25) is 0 Å². The number of pyridine rings is 1. The fourth-order valence-corrected chi connectivity index (χ4v) is 2.28. The number of methoxy groups -OCH3 is 1. The zero-order valence-corrected chi connectivity index (χ0v) is 11.8.